The third-order valence-corrected chi connectivity index (χ3v) is 13.6. The summed E-state index contributed by atoms with van der Waals surface area (Å²) in [6.45, 7) is 15.7. The lowest BCUT2D eigenvalue weighted by molar-refractivity contribution is -0.182. The molecule has 2 N–H and O–H groups in total. The molecule has 0 bridgehead atoms. The van der Waals surface area contributed by atoms with E-state index in [9.17, 15) is 14.4 Å². The van der Waals surface area contributed by atoms with Gasteiger partial charge in [0.2, 0.25) is 5.91 Å². The van der Waals surface area contributed by atoms with E-state index < -0.39 is 10.8 Å². The SMILES string of the molecule is CC1(C)C(=O)/C(=C\c2ccco2)C[C@]2(C)[C@H]3C(=O)C=C4[C@@H]5C[C@@](C)(C(N)=O)CC[C@]5(C)CC[C@@]4(C)[C@]3(C)CC[C@@H]12. The summed E-state index contributed by atoms with van der Waals surface area (Å²) in [5, 5.41) is 0. The van der Waals surface area contributed by atoms with Crippen molar-refractivity contribution < 1.29 is 18.8 Å². The van der Waals surface area contributed by atoms with Gasteiger partial charge in [-0.3, -0.25) is 14.4 Å². The Morgan fingerprint density at radius 2 is 1.70 bits per heavy atom. The van der Waals surface area contributed by atoms with Crippen LogP contribution >= 0.6 is 0 Å². The average Bonchev–Trinajstić information content (AvgIpc) is 3.38. The molecule has 216 valence electrons. The molecule has 0 saturated heterocycles. The second kappa shape index (κ2) is 8.32. The van der Waals surface area contributed by atoms with E-state index in [1.54, 1.807) is 6.26 Å². The van der Waals surface area contributed by atoms with E-state index in [0.29, 0.717) is 12.2 Å². The highest BCUT2D eigenvalue weighted by Gasteiger charge is 2.70. The third kappa shape index (κ3) is 3.41. The smallest absolute Gasteiger partial charge is 0.223 e. The zero-order valence-corrected chi connectivity index (χ0v) is 25.5. The number of allylic oxidation sites excluding steroid dienone is 3. The van der Waals surface area contributed by atoms with Gasteiger partial charge < -0.3 is 10.2 Å². The predicted octanol–water partition coefficient (Wildman–Crippen LogP) is 7.31. The van der Waals surface area contributed by atoms with Gasteiger partial charge in [0.05, 0.1) is 6.26 Å². The zero-order valence-electron chi connectivity index (χ0n) is 25.5. The Labute approximate surface area is 239 Å². The largest absolute Gasteiger partial charge is 0.465 e. The Kier molecular flexibility index (Phi) is 5.77. The number of hydrogen-bond donors (Lipinski definition) is 1. The minimum Gasteiger partial charge on any atom is -0.465 e. The van der Waals surface area contributed by atoms with Crippen LogP contribution in [-0.2, 0) is 14.4 Å². The Bertz CT molecular complexity index is 1350. The number of rotatable bonds is 2. The number of hydrogen-bond acceptors (Lipinski definition) is 4. The molecule has 0 unspecified atom stereocenters. The van der Waals surface area contributed by atoms with Crippen molar-refractivity contribution in [2.45, 2.75) is 99.8 Å². The van der Waals surface area contributed by atoms with E-state index in [1.807, 2.05) is 31.2 Å². The summed E-state index contributed by atoms with van der Waals surface area (Å²) in [4.78, 5) is 41.0. The van der Waals surface area contributed by atoms with E-state index in [2.05, 4.69) is 41.5 Å². The number of ketones is 2. The molecule has 40 heavy (non-hydrogen) atoms. The van der Waals surface area contributed by atoms with E-state index in [1.165, 1.54) is 5.57 Å². The summed E-state index contributed by atoms with van der Waals surface area (Å²) in [5.41, 5.74) is 6.27. The summed E-state index contributed by atoms with van der Waals surface area (Å²) in [6.07, 6.45) is 12.7. The lowest BCUT2D eigenvalue weighted by Crippen LogP contribution is -2.66. The Morgan fingerprint density at radius 1 is 1.00 bits per heavy atom. The number of amides is 1. The van der Waals surface area contributed by atoms with Crippen molar-refractivity contribution in [3.63, 3.8) is 0 Å². The Hall–Kier alpha value is -2.43. The standard InChI is InChI=1S/C35H47NO4/c1-30(2)26-10-11-35(7)27(33(26,5)19-21(28(30)38)17-22-9-8-16-40-22)25(37)18-23-24-20-32(4,29(36)39)13-12-31(24,3)14-15-34(23,35)6/h8-9,16-18,24,26-27H,10-15,19-20H2,1-7H3,(H2,36,39)/b21-17-/t24-,26-,27+,31+,32-,33-,34+,35+/m0/s1. The highest BCUT2D eigenvalue weighted by molar-refractivity contribution is 6.05. The zero-order chi connectivity index (χ0) is 29.1. The molecule has 0 radical (unpaired) electrons. The molecule has 1 amide bonds. The summed E-state index contributed by atoms with van der Waals surface area (Å²) >= 11 is 0. The van der Waals surface area contributed by atoms with Gasteiger partial charge in [-0.25, -0.2) is 0 Å². The number of nitrogens with two attached hydrogens (primary N) is 1. The fraction of sp³-hybridized carbons (Fsp3) is 0.686. The van der Waals surface area contributed by atoms with Crippen LogP contribution < -0.4 is 5.73 Å². The number of fused-ring (bicyclic) bond motifs is 7. The van der Waals surface area contributed by atoms with Crippen LogP contribution in [0.5, 0.6) is 0 Å². The summed E-state index contributed by atoms with van der Waals surface area (Å²) in [5.74, 6) is 1.02. The lowest BCUT2D eigenvalue weighted by atomic mass is 9.33. The highest BCUT2D eigenvalue weighted by Crippen LogP contribution is 2.75. The molecule has 1 heterocycles. The molecule has 5 aliphatic rings. The second-order valence-electron chi connectivity index (χ2n) is 16.0. The first-order valence-electron chi connectivity index (χ1n) is 15.4. The molecule has 0 aromatic carbocycles. The van der Waals surface area contributed by atoms with Gasteiger partial charge in [-0.1, -0.05) is 54.0 Å². The number of primary amides is 1. The minimum absolute atomic E-state index is 0.0864. The Morgan fingerprint density at radius 3 is 2.35 bits per heavy atom. The van der Waals surface area contributed by atoms with E-state index in [0.717, 1.165) is 50.5 Å². The molecular weight excluding hydrogens is 498 g/mol. The molecule has 4 saturated carbocycles. The lowest BCUT2D eigenvalue weighted by Gasteiger charge is -2.70. The third-order valence-electron chi connectivity index (χ3n) is 13.6. The number of Topliss-reactive ketones (excluding diaryl/α,β-unsaturated/α-hetero) is 1. The van der Waals surface area contributed by atoms with Crippen molar-refractivity contribution in [1.29, 1.82) is 0 Å². The first-order chi connectivity index (χ1) is 18.5. The molecular formula is C35H47NO4. The van der Waals surface area contributed by atoms with Crippen molar-refractivity contribution in [2.24, 2.45) is 56.0 Å². The molecule has 6 rings (SSSR count). The molecule has 5 nitrogen and oxygen atoms in total. The molecule has 8 atom stereocenters. The maximum atomic E-state index is 14.6. The van der Waals surface area contributed by atoms with Crippen molar-refractivity contribution in [3.8, 4) is 0 Å². The molecule has 1 aromatic rings. The van der Waals surface area contributed by atoms with Gasteiger partial charge in [0.25, 0.3) is 0 Å². The van der Waals surface area contributed by atoms with Crippen LogP contribution in [0.3, 0.4) is 0 Å². The van der Waals surface area contributed by atoms with E-state index >= 15 is 0 Å². The molecule has 0 spiro atoms. The van der Waals surface area contributed by atoms with Crippen molar-refractivity contribution >= 4 is 23.5 Å². The van der Waals surface area contributed by atoms with Gasteiger partial charge >= 0.3 is 0 Å². The minimum atomic E-state index is -0.560. The van der Waals surface area contributed by atoms with Crippen molar-refractivity contribution in [3.05, 3.63) is 41.4 Å². The maximum Gasteiger partial charge on any atom is 0.223 e. The maximum absolute atomic E-state index is 14.6. The molecule has 0 aliphatic heterocycles. The summed E-state index contributed by atoms with van der Waals surface area (Å²) < 4.78 is 5.61. The second-order valence-corrected chi connectivity index (χ2v) is 16.0. The number of furan rings is 1. The van der Waals surface area contributed by atoms with Crippen molar-refractivity contribution in [1.82, 2.24) is 0 Å². The van der Waals surface area contributed by atoms with Gasteiger partial charge in [0.15, 0.2) is 11.6 Å². The van der Waals surface area contributed by atoms with Gasteiger partial charge in [0.1, 0.15) is 5.76 Å². The molecule has 5 aliphatic carbocycles. The quantitative estimate of drug-likeness (QED) is 0.395. The monoisotopic (exact) mass is 545 g/mol. The van der Waals surface area contributed by atoms with Gasteiger partial charge in [-0.15, -0.1) is 0 Å². The molecule has 4 fully saturated rings. The summed E-state index contributed by atoms with van der Waals surface area (Å²) in [7, 11) is 0. The van der Waals surface area contributed by atoms with Crippen LogP contribution in [-0.4, -0.2) is 17.5 Å². The topological polar surface area (TPSA) is 90.4 Å². The number of carbonyl (C=O) groups excluding carboxylic acids is 3. The first-order valence-corrected chi connectivity index (χ1v) is 15.4. The van der Waals surface area contributed by atoms with E-state index in [-0.39, 0.29) is 56.9 Å². The fourth-order valence-corrected chi connectivity index (χ4v) is 10.9. The van der Waals surface area contributed by atoms with E-state index in [4.69, 9.17) is 10.2 Å². The van der Waals surface area contributed by atoms with Crippen LogP contribution in [0.1, 0.15) is 106 Å². The Balaban J connectivity index is 1.47. The van der Waals surface area contributed by atoms with Crippen LogP contribution in [0.2, 0.25) is 0 Å². The highest BCUT2D eigenvalue weighted by atomic mass is 16.3. The van der Waals surface area contributed by atoms with Gasteiger partial charge in [-0.05, 0) is 115 Å². The number of carbonyl (C=O) groups is 3. The molecule has 5 heteroatoms. The average molecular weight is 546 g/mol. The van der Waals surface area contributed by atoms with Crippen LogP contribution in [0.15, 0.2) is 40.0 Å². The van der Waals surface area contributed by atoms with Crippen LogP contribution in [0.4, 0.5) is 0 Å². The predicted molar refractivity (Wildman–Crippen MR) is 156 cm³/mol. The fourth-order valence-electron chi connectivity index (χ4n) is 10.9. The van der Waals surface area contributed by atoms with Gasteiger partial charge in [0, 0.05) is 16.7 Å². The van der Waals surface area contributed by atoms with Crippen molar-refractivity contribution in [2.75, 3.05) is 0 Å². The normalized spacial score (nSPS) is 47.0. The van der Waals surface area contributed by atoms with Crippen LogP contribution in [0.25, 0.3) is 6.08 Å². The summed E-state index contributed by atoms with van der Waals surface area (Å²) in [6, 6.07) is 3.73. The van der Waals surface area contributed by atoms with Crippen LogP contribution in [0, 0.1) is 50.2 Å². The molecule has 1 aromatic heterocycles. The first kappa shape index (κ1) is 27.7. The van der Waals surface area contributed by atoms with Gasteiger partial charge in [-0.2, -0.15) is 0 Å².